The third kappa shape index (κ3) is 3.37. The summed E-state index contributed by atoms with van der Waals surface area (Å²) in [6.45, 7) is 3.34. The van der Waals surface area contributed by atoms with Crippen molar-refractivity contribution >= 4 is 17.4 Å². The van der Waals surface area contributed by atoms with Gasteiger partial charge in [-0.3, -0.25) is 10.2 Å². The quantitative estimate of drug-likeness (QED) is 0.627. The number of pyridine rings is 1. The number of rotatable bonds is 4. The summed E-state index contributed by atoms with van der Waals surface area (Å²) in [5.74, 6) is 3.54. The molecule has 0 radical (unpaired) electrons. The number of anilines is 2. The second-order valence-electron chi connectivity index (χ2n) is 10.8. The van der Waals surface area contributed by atoms with Crippen molar-refractivity contribution in [2.75, 3.05) is 43.6 Å². The van der Waals surface area contributed by atoms with Crippen LogP contribution in [0.4, 0.5) is 11.5 Å². The van der Waals surface area contributed by atoms with E-state index in [0.717, 1.165) is 68.4 Å². The molecule has 4 heterocycles. The molecule has 1 amide bonds. The number of hydrogen-bond acceptors (Lipinski definition) is 7. The molecule has 1 aromatic heterocycles. The monoisotopic (exact) mass is 475 g/mol. The molecule has 5 unspecified atom stereocenters. The van der Waals surface area contributed by atoms with Gasteiger partial charge in [0.05, 0.1) is 31.8 Å². The fraction of sp³-hybridized carbons (Fsp3) is 0.556. The Bertz CT molecular complexity index is 1130. The van der Waals surface area contributed by atoms with E-state index in [0.29, 0.717) is 23.8 Å². The molecule has 2 aliphatic carbocycles. The van der Waals surface area contributed by atoms with Gasteiger partial charge >= 0.3 is 0 Å². The molecule has 1 spiro atoms. The van der Waals surface area contributed by atoms with E-state index in [2.05, 4.69) is 39.3 Å². The molecule has 5 aliphatic rings. The molecule has 1 aromatic carbocycles. The molecule has 6 atom stereocenters. The maximum absolute atomic E-state index is 13.1. The van der Waals surface area contributed by atoms with Crippen molar-refractivity contribution in [2.24, 2.45) is 17.8 Å². The second kappa shape index (κ2) is 8.18. The average molecular weight is 476 g/mol. The molecule has 35 heavy (non-hydrogen) atoms. The highest BCUT2D eigenvalue weighted by Crippen LogP contribution is 2.65. The molecule has 3 N–H and O–H groups in total. The third-order valence-corrected chi connectivity index (χ3v) is 9.21. The normalized spacial score (nSPS) is 35.5. The summed E-state index contributed by atoms with van der Waals surface area (Å²) < 4.78 is 10.9. The number of fused-ring (bicyclic) bond motifs is 3. The van der Waals surface area contributed by atoms with Gasteiger partial charge in [0.2, 0.25) is 5.91 Å². The van der Waals surface area contributed by atoms with Gasteiger partial charge in [0.15, 0.2) is 0 Å². The van der Waals surface area contributed by atoms with E-state index in [1.165, 1.54) is 12.0 Å². The second-order valence-corrected chi connectivity index (χ2v) is 10.8. The van der Waals surface area contributed by atoms with E-state index in [-0.39, 0.29) is 17.4 Å². The zero-order chi connectivity index (χ0) is 23.6. The Kier molecular flexibility index (Phi) is 5.05. The van der Waals surface area contributed by atoms with Crippen molar-refractivity contribution in [3.05, 3.63) is 47.7 Å². The van der Waals surface area contributed by atoms with Crippen LogP contribution in [0, 0.1) is 17.8 Å². The van der Waals surface area contributed by atoms with Gasteiger partial charge in [-0.05, 0) is 78.8 Å². The Morgan fingerprint density at radius 3 is 2.83 bits per heavy atom. The lowest BCUT2D eigenvalue weighted by atomic mass is 9.72. The number of nitrogens with one attached hydrogen (secondary N) is 3. The van der Waals surface area contributed by atoms with Crippen molar-refractivity contribution in [1.29, 1.82) is 0 Å². The maximum atomic E-state index is 13.1. The average Bonchev–Trinajstić information content (AvgIpc) is 3.44. The largest absolute Gasteiger partial charge is 0.497 e. The third-order valence-electron chi connectivity index (χ3n) is 9.21. The Labute approximate surface area is 205 Å². The Morgan fingerprint density at radius 2 is 2.03 bits per heavy atom. The maximum Gasteiger partial charge on any atom is 0.235 e. The van der Waals surface area contributed by atoms with Crippen LogP contribution in [0.1, 0.15) is 42.9 Å². The van der Waals surface area contributed by atoms with Crippen LogP contribution in [0.2, 0.25) is 0 Å². The van der Waals surface area contributed by atoms with Gasteiger partial charge in [0, 0.05) is 31.0 Å². The molecule has 7 rings (SSSR count). The highest BCUT2D eigenvalue weighted by atomic mass is 16.5. The first kappa shape index (κ1) is 21.6. The van der Waals surface area contributed by atoms with Gasteiger partial charge in [0.1, 0.15) is 11.6 Å². The van der Waals surface area contributed by atoms with Crippen LogP contribution >= 0.6 is 0 Å². The number of hydrogen-bond donors (Lipinski definition) is 3. The molecular weight excluding hydrogens is 442 g/mol. The van der Waals surface area contributed by atoms with Crippen LogP contribution < -0.4 is 25.8 Å². The summed E-state index contributed by atoms with van der Waals surface area (Å²) in [5, 5.41) is 3.13. The Balaban J connectivity index is 1.04. The number of ether oxygens (including phenoxy) is 2. The minimum absolute atomic E-state index is 0.176. The molecule has 2 saturated heterocycles. The highest BCUT2D eigenvalue weighted by molar-refractivity contribution is 6.09. The first-order valence-electron chi connectivity index (χ1n) is 13.0. The fourth-order valence-corrected chi connectivity index (χ4v) is 7.26. The minimum Gasteiger partial charge on any atom is -0.497 e. The number of aromatic nitrogens is 1. The molecular formula is C27H33N5O3. The van der Waals surface area contributed by atoms with Crippen molar-refractivity contribution in [3.8, 4) is 5.75 Å². The smallest absolute Gasteiger partial charge is 0.235 e. The highest BCUT2D eigenvalue weighted by Gasteiger charge is 2.67. The van der Waals surface area contributed by atoms with Crippen molar-refractivity contribution < 1.29 is 14.3 Å². The number of carbonyl (C=O) groups is 1. The van der Waals surface area contributed by atoms with Gasteiger partial charge in [0.25, 0.3) is 0 Å². The predicted octanol–water partition coefficient (Wildman–Crippen LogP) is 2.77. The predicted molar refractivity (Wildman–Crippen MR) is 132 cm³/mol. The van der Waals surface area contributed by atoms with E-state index in [9.17, 15) is 4.79 Å². The summed E-state index contributed by atoms with van der Waals surface area (Å²) in [7, 11) is 1.69. The van der Waals surface area contributed by atoms with Gasteiger partial charge in [-0.1, -0.05) is 6.07 Å². The van der Waals surface area contributed by atoms with E-state index < -0.39 is 0 Å². The number of hydrazine groups is 1. The molecule has 2 saturated carbocycles. The first-order valence-corrected chi connectivity index (χ1v) is 13.0. The number of benzene rings is 1. The number of methoxy groups -OCH3 is 1. The van der Waals surface area contributed by atoms with Crippen LogP contribution in [0.3, 0.4) is 0 Å². The van der Waals surface area contributed by atoms with Gasteiger partial charge in [-0.15, -0.1) is 0 Å². The van der Waals surface area contributed by atoms with Crippen LogP contribution in [0.15, 0.2) is 36.5 Å². The lowest BCUT2D eigenvalue weighted by Gasteiger charge is -2.34. The van der Waals surface area contributed by atoms with Crippen molar-refractivity contribution in [2.45, 2.75) is 43.2 Å². The Hall–Kier alpha value is -2.68. The summed E-state index contributed by atoms with van der Waals surface area (Å²) in [6.07, 6.45) is 6.42. The SMILES string of the molecule is COc1ccc2c(c1)[C@]1(CC1C1CCC3C(C1)NNC3c1ccc(N3CCOCC3)nc1)C(=O)N2. The summed E-state index contributed by atoms with van der Waals surface area (Å²) in [5.41, 5.74) is 10.2. The molecule has 0 bridgehead atoms. The first-order chi connectivity index (χ1) is 17.2. The van der Waals surface area contributed by atoms with E-state index in [4.69, 9.17) is 14.5 Å². The number of morpholine rings is 1. The van der Waals surface area contributed by atoms with Crippen LogP contribution in [0.5, 0.6) is 5.75 Å². The standard InChI is InChI=1S/C27H33N5O3/c1-34-18-4-6-22-20(13-18)27(26(33)29-22)14-21(27)16-2-5-19-23(12-16)30-31-25(19)17-3-7-24(28-15-17)32-8-10-35-11-9-32/h3-4,6-7,13,15-16,19,21,23,25,30-31H,2,5,8-12,14H2,1H3,(H,29,33)/t16?,19?,21?,23?,25?,27-/m0/s1. The van der Waals surface area contributed by atoms with Gasteiger partial charge in [-0.2, -0.15) is 0 Å². The number of amides is 1. The summed E-state index contributed by atoms with van der Waals surface area (Å²) in [4.78, 5) is 20.1. The molecule has 4 fully saturated rings. The topological polar surface area (TPSA) is 87.8 Å². The van der Waals surface area contributed by atoms with Crippen LogP contribution in [-0.2, 0) is 14.9 Å². The summed E-state index contributed by atoms with van der Waals surface area (Å²) >= 11 is 0. The van der Waals surface area contributed by atoms with E-state index >= 15 is 0 Å². The van der Waals surface area contributed by atoms with Crippen LogP contribution in [-0.4, -0.2) is 50.3 Å². The lowest BCUT2D eigenvalue weighted by molar-refractivity contribution is -0.118. The fourth-order valence-electron chi connectivity index (χ4n) is 7.26. The molecule has 184 valence electrons. The number of nitrogens with zero attached hydrogens (tertiary/aromatic N) is 2. The van der Waals surface area contributed by atoms with E-state index in [1.807, 2.05) is 18.3 Å². The van der Waals surface area contributed by atoms with E-state index in [1.54, 1.807) is 7.11 Å². The zero-order valence-corrected chi connectivity index (χ0v) is 20.1. The zero-order valence-electron chi connectivity index (χ0n) is 20.1. The number of carbonyl (C=O) groups excluding carboxylic acids is 1. The lowest BCUT2D eigenvalue weighted by Crippen LogP contribution is -2.37. The minimum atomic E-state index is -0.355. The van der Waals surface area contributed by atoms with Crippen molar-refractivity contribution in [1.82, 2.24) is 15.8 Å². The van der Waals surface area contributed by atoms with Gasteiger partial charge in [-0.25, -0.2) is 10.4 Å². The van der Waals surface area contributed by atoms with Gasteiger partial charge < -0.3 is 19.7 Å². The molecule has 3 aliphatic heterocycles. The molecule has 2 aromatic rings. The van der Waals surface area contributed by atoms with Crippen LogP contribution in [0.25, 0.3) is 0 Å². The molecule has 8 nitrogen and oxygen atoms in total. The van der Waals surface area contributed by atoms with Crippen molar-refractivity contribution in [3.63, 3.8) is 0 Å². The molecule has 8 heteroatoms. The summed E-state index contributed by atoms with van der Waals surface area (Å²) in [6, 6.07) is 11.1. The Morgan fingerprint density at radius 1 is 1.14 bits per heavy atom.